The van der Waals surface area contributed by atoms with Crippen LogP contribution in [0.15, 0.2) is 51.9 Å². The van der Waals surface area contributed by atoms with Gasteiger partial charge in [-0.15, -0.1) is 0 Å². The van der Waals surface area contributed by atoms with Gasteiger partial charge in [0.1, 0.15) is 0 Å². The molecule has 0 aliphatic heterocycles. The van der Waals surface area contributed by atoms with Crippen LogP contribution in [0.2, 0.25) is 0 Å². The molecular formula is C13H16N6O6S3. The molecule has 0 aliphatic carbocycles. The molecule has 15 heteroatoms. The maximum Gasteiger partial charge on any atom is 0.239 e. The molecule has 0 amide bonds. The lowest BCUT2D eigenvalue weighted by molar-refractivity contribution is 0.260. The molecule has 0 bridgehead atoms. The highest BCUT2D eigenvalue weighted by Crippen LogP contribution is 2.20. The van der Waals surface area contributed by atoms with Gasteiger partial charge in [-0.3, -0.25) is 0 Å². The molecule has 0 N–H and O–H groups in total. The zero-order chi connectivity index (χ0) is 20.9. The highest BCUT2D eigenvalue weighted by Gasteiger charge is 2.27. The van der Waals surface area contributed by atoms with Crippen LogP contribution in [-0.2, 0) is 29.5 Å². The van der Waals surface area contributed by atoms with Crippen LogP contribution in [0.3, 0.4) is 0 Å². The summed E-state index contributed by atoms with van der Waals surface area (Å²) in [4.78, 5) is 0. The molecule has 0 aliphatic rings. The number of rotatable bonds is 6. The van der Waals surface area contributed by atoms with E-state index < -0.39 is 35.8 Å². The first-order valence-electron chi connectivity index (χ1n) is 7.52. The molecule has 28 heavy (non-hydrogen) atoms. The third-order valence-corrected chi connectivity index (χ3v) is 6.67. The molecule has 0 radical (unpaired) electrons. The molecule has 152 valence electrons. The average Bonchev–Trinajstić information content (AvgIpc) is 3.26. The van der Waals surface area contributed by atoms with E-state index in [1.165, 1.54) is 36.8 Å². The second-order valence-electron chi connectivity index (χ2n) is 6.04. The second kappa shape index (κ2) is 6.52. The normalized spacial score (nSPS) is 13.3. The Kier molecular flexibility index (Phi) is 4.71. The highest BCUT2D eigenvalue weighted by atomic mass is 32.2. The minimum atomic E-state index is -3.71. The van der Waals surface area contributed by atoms with Crippen LogP contribution in [0.5, 0.6) is 0 Å². The molecule has 0 spiro atoms. The molecule has 0 fully saturated rings. The Hall–Kier alpha value is -2.52. The fourth-order valence-corrected chi connectivity index (χ4v) is 4.30. The Labute approximate surface area is 161 Å². The quantitative estimate of drug-likeness (QED) is 0.463. The van der Waals surface area contributed by atoms with E-state index in [1.807, 2.05) is 0 Å². The predicted octanol–water partition coefficient (Wildman–Crippen LogP) is -0.961. The largest absolute Gasteiger partial charge is 0.239 e. The summed E-state index contributed by atoms with van der Waals surface area (Å²) in [5.74, 6) is 0. The lowest BCUT2D eigenvalue weighted by atomic mass is 10.6. The number of hydrogen-bond acceptors (Lipinski definition) is 9. The second-order valence-corrected chi connectivity index (χ2v) is 11.9. The van der Waals surface area contributed by atoms with Crippen molar-refractivity contribution in [2.75, 3.05) is 18.8 Å². The minimum absolute atomic E-state index is 0.190. The van der Waals surface area contributed by atoms with Gasteiger partial charge in [-0.05, 0) is 18.2 Å². The Morgan fingerprint density at radius 1 is 0.750 bits per heavy atom. The summed E-state index contributed by atoms with van der Waals surface area (Å²) in [5, 5.41) is 11.3. The van der Waals surface area contributed by atoms with Gasteiger partial charge in [-0.25, -0.2) is 39.3 Å². The van der Waals surface area contributed by atoms with E-state index in [9.17, 15) is 25.3 Å². The zero-order valence-electron chi connectivity index (χ0n) is 14.9. The standard InChI is InChI=1S/C13H16N6O6S3/c1-26(20,21)10-5-8-17(15-10)13(18-9-6-11(16-18)27(2,22)23)19-12(4-7-14-19)28(3,24)25/h4-9,13H,1-3H3. The monoisotopic (exact) mass is 448 g/mol. The van der Waals surface area contributed by atoms with Crippen molar-refractivity contribution in [3.63, 3.8) is 0 Å². The van der Waals surface area contributed by atoms with Crippen molar-refractivity contribution in [1.29, 1.82) is 0 Å². The Bertz CT molecular complexity index is 1280. The van der Waals surface area contributed by atoms with Crippen molar-refractivity contribution < 1.29 is 25.3 Å². The lowest BCUT2D eigenvalue weighted by Crippen LogP contribution is -2.30. The summed E-state index contributed by atoms with van der Waals surface area (Å²) in [7, 11) is -11.0. The molecule has 0 saturated heterocycles. The summed E-state index contributed by atoms with van der Waals surface area (Å²) >= 11 is 0. The van der Waals surface area contributed by atoms with Gasteiger partial charge < -0.3 is 0 Å². The van der Waals surface area contributed by atoms with Gasteiger partial charge in [0, 0.05) is 31.2 Å². The van der Waals surface area contributed by atoms with Crippen LogP contribution < -0.4 is 0 Å². The van der Waals surface area contributed by atoms with Crippen molar-refractivity contribution >= 4 is 29.5 Å². The van der Waals surface area contributed by atoms with Crippen LogP contribution in [0.4, 0.5) is 0 Å². The molecular weight excluding hydrogens is 432 g/mol. The van der Waals surface area contributed by atoms with E-state index in [0.717, 1.165) is 32.8 Å². The SMILES string of the molecule is CS(=O)(=O)c1ccn(C(n2ccc(S(C)(=O)=O)n2)n2nccc2S(C)(=O)=O)n1. The summed E-state index contributed by atoms with van der Waals surface area (Å²) in [5.41, 5.74) is 0. The minimum Gasteiger partial charge on any atom is -0.226 e. The lowest BCUT2D eigenvalue weighted by Gasteiger charge is -2.20. The van der Waals surface area contributed by atoms with E-state index in [0.29, 0.717) is 0 Å². The van der Waals surface area contributed by atoms with Crippen LogP contribution >= 0.6 is 0 Å². The van der Waals surface area contributed by atoms with E-state index in [1.54, 1.807) is 0 Å². The molecule has 3 heterocycles. The number of aromatic nitrogens is 6. The maximum atomic E-state index is 12.1. The summed E-state index contributed by atoms with van der Waals surface area (Å²) < 4.78 is 74.5. The van der Waals surface area contributed by atoms with Gasteiger partial charge in [0.05, 0.1) is 6.20 Å². The molecule has 3 aromatic rings. The van der Waals surface area contributed by atoms with Crippen molar-refractivity contribution in [2.24, 2.45) is 0 Å². The first-order chi connectivity index (χ1) is 12.8. The van der Waals surface area contributed by atoms with E-state index in [-0.39, 0.29) is 15.1 Å². The van der Waals surface area contributed by atoms with Crippen LogP contribution in [0, 0.1) is 0 Å². The topological polar surface area (TPSA) is 156 Å². The van der Waals surface area contributed by atoms with Gasteiger partial charge in [-0.2, -0.15) is 15.3 Å². The van der Waals surface area contributed by atoms with Crippen LogP contribution in [0.25, 0.3) is 0 Å². The van der Waals surface area contributed by atoms with Crippen molar-refractivity contribution in [3.05, 3.63) is 36.8 Å². The third-order valence-electron chi connectivity index (χ3n) is 3.63. The summed E-state index contributed by atoms with van der Waals surface area (Å²) in [6.45, 7) is 0. The molecule has 12 nitrogen and oxygen atoms in total. The Balaban J connectivity index is 2.25. The van der Waals surface area contributed by atoms with Gasteiger partial charge >= 0.3 is 0 Å². The van der Waals surface area contributed by atoms with Gasteiger partial charge in [0.25, 0.3) is 0 Å². The molecule has 0 aromatic carbocycles. The molecule has 0 unspecified atom stereocenters. The average molecular weight is 449 g/mol. The smallest absolute Gasteiger partial charge is 0.226 e. The third kappa shape index (κ3) is 3.85. The highest BCUT2D eigenvalue weighted by molar-refractivity contribution is 7.91. The van der Waals surface area contributed by atoms with Crippen LogP contribution in [0.1, 0.15) is 6.29 Å². The maximum absolute atomic E-state index is 12.1. The van der Waals surface area contributed by atoms with E-state index in [2.05, 4.69) is 15.3 Å². The number of sulfone groups is 3. The first-order valence-corrected chi connectivity index (χ1v) is 13.2. The van der Waals surface area contributed by atoms with Gasteiger partial charge in [-0.1, -0.05) is 0 Å². The zero-order valence-corrected chi connectivity index (χ0v) is 17.3. The Morgan fingerprint density at radius 3 is 1.57 bits per heavy atom. The number of nitrogens with zero attached hydrogens (tertiary/aromatic N) is 6. The van der Waals surface area contributed by atoms with Gasteiger partial charge in [0.2, 0.25) is 6.29 Å². The molecule has 3 aromatic heterocycles. The van der Waals surface area contributed by atoms with Crippen LogP contribution in [-0.4, -0.2) is 73.4 Å². The van der Waals surface area contributed by atoms with Crippen molar-refractivity contribution in [2.45, 2.75) is 21.4 Å². The molecule has 3 rings (SSSR count). The molecule has 0 atom stereocenters. The van der Waals surface area contributed by atoms with E-state index >= 15 is 0 Å². The Morgan fingerprint density at radius 2 is 1.21 bits per heavy atom. The van der Waals surface area contributed by atoms with Gasteiger partial charge in [0.15, 0.2) is 44.6 Å². The van der Waals surface area contributed by atoms with Crippen molar-refractivity contribution in [3.8, 4) is 0 Å². The van der Waals surface area contributed by atoms with Crippen molar-refractivity contribution in [1.82, 2.24) is 29.3 Å². The number of hydrogen-bond donors (Lipinski definition) is 0. The fourth-order valence-electron chi connectivity index (χ4n) is 2.41. The summed E-state index contributed by atoms with van der Waals surface area (Å²) in [6, 6.07) is 3.71. The molecule has 0 saturated carbocycles. The first kappa shape index (κ1) is 20.2. The summed E-state index contributed by atoms with van der Waals surface area (Å²) in [6.07, 6.45) is 5.57. The van der Waals surface area contributed by atoms with E-state index in [4.69, 9.17) is 0 Å². The predicted molar refractivity (Wildman–Crippen MR) is 95.8 cm³/mol. The fraction of sp³-hybridized carbons (Fsp3) is 0.308.